The number of para-hydroxylation sites is 2. The molecular weight excluding hydrogens is 390 g/mol. The number of halogens is 2. The molecular formula is C22H22F2N4O2. The molecule has 3 aromatic rings. The summed E-state index contributed by atoms with van der Waals surface area (Å²) >= 11 is 0. The maximum atomic E-state index is 14.3. The van der Waals surface area contributed by atoms with Crippen molar-refractivity contribution in [3.63, 3.8) is 0 Å². The Kier molecular flexibility index (Phi) is 5.48. The normalized spacial score (nSPS) is 17.3. The summed E-state index contributed by atoms with van der Waals surface area (Å²) in [5.74, 6) is -1.66. The van der Waals surface area contributed by atoms with Gasteiger partial charge in [-0.25, -0.2) is 13.8 Å². The topological polar surface area (TPSA) is 78.1 Å². The Morgan fingerprint density at radius 1 is 1.20 bits per heavy atom. The molecule has 0 saturated carbocycles. The first kappa shape index (κ1) is 20.0. The Morgan fingerprint density at radius 2 is 1.93 bits per heavy atom. The second-order valence-electron chi connectivity index (χ2n) is 7.48. The number of carbonyl (C=O) groups excluding carboxylic acids is 2. The van der Waals surface area contributed by atoms with Gasteiger partial charge in [0.25, 0.3) is 0 Å². The Morgan fingerprint density at radius 3 is 2.63 bits per heavy atom. The fourth-order valence-corrected chi connectivity index (χ4v) is 4.09. The summed E-state index contributed by atoms with van der Waals surface area (Å²) in [5, 5.41) is 2.52. The van der Waals surface area contributed by atoms with Gasteiger partial charge in [0.05, 0.1) is 29.5 Å². The summed E-state index contributed by atoms with van der Waals surface area (Å²) in [4.78, 5) is 34.3. The van der Waals surface area contributed by atoms with Gasteiger partial charge in [-0.05, 0) is 37.1 Å². The fourth-order valence-electron chi connectivity index (χ4n) is 4.09. The van der Waals surface area contributed by atoms with Crippen LogP contribution in [0, 0.1) is 11.6 Å². The van der Waals surface area contributed by atoms with E-state index >= 15 is 0 Å². The molecule has 1 fully saturated rings. The fraction of sp³-hybridized carbons (Fsp3) is 0.318. The number of aromatic nitrogens is 2. The van der Waals surface area contributed by atoms with Crippen LogP contribution in [-0.2, 0) is 9.59 Å². The van der Waals surface area contributed by atoms with E-state index in [1.807, 2.05) is 24.3 Å². The summed E-state index contributed by atoms with van der Waals surface area (Å²) in [7, 11) is 0. The minimum atomic E-state index is -1.09. The van der Waals surface area contributed by atoms with E-state index in [0.717, 1.165) is 36.0 Å². The van der Waals surface area contributed by atoms with Crippen molar-refractivity contribution in [2.24, 2.45) is 0 Å². The molecule has 2 heterocycles. The lowest BCUT2D eigenvalue weighted by molar-refractivity contribution is -0.133. The number of rotatable bonds is 5. The van der Waals surface area contributed by atoms with E-state index in [0.29, 0.717) is 12.4 Å². The molecule has 0 bridgehead atoms. The third kappa shape index (κ3) is 3.90. The molecule has 1 aliphatic heterocycles. The maximum absolute atomic E-state index is 14.3. The highest BCUT2D eigenvalue weighted by molar-refractivity contribution is 5.80. The second-order valence-corrected chi connectivity index (χ2v) is 7.48. The molecule has 0 spiro atoms. The minimum Gasteiger partial charge on any atom is -0.349 e. The summed E-state index contributed by atoms with van der Waals surface area (Å²) in [6.07, 6.45) is 1.30. The van der Waals surface area contributed by atoms with Crippen LogP contribution in [0.4, 0.5) is 8.78 Å². The van der Waals surface area contributed by atoms with Crippen molar-refractivity contribution in [3.8, 4) is 0 Å². The van der Waals surface area contributed by atoms with E-state index in [4.69, 9.17) is 0 Å². The Labute approximate surface area is 172 Å². The zero-order valence-corrected chi connectivity index (χ0v) is 16.5. The number of aromatic amines is 1. The smallest absolute Gasteiger partial charge is 0.225 e. The summed E-state index contributed by atoms with van der Waals surface area (Å²) < 4.78 is 28.6. The van der Waals surface area contributed by atoms with E-state index < -0.39 is 23.6 Å². The van der Waals surface area contributed by atoms with Gasteiger partial charge in [0.1, 0.15) is 17.5 Å². The molecule has 1 aliphatic rings. The number of imidazole rings is 1. The lowest BCUT2D eigenvalue weighted by Crippen LogP contribution is -2.36. The second kappa shape index (κ2) is 8.22. The van der Waals surface area contributed by atoms with Crippen molar-refractivity contribution in [2.75, 3.05) is 6.54 Å². The summed E-state index contributed by atoms with van der Waals surface area (Å²) in [6.45, 7) is 1.77. The number of amides is 2. The van der Waals surface area contributed by atoms with Crippen LogP contribution >= 0.6 is 0 Å². The standard InChI is InChI=1S/C22H22F2N4O2/c1-13(29)25-18(21-14(23)6-4-7-15(21)24)12-20(30)28-11-5-10-19(28)22-26-16-8-2-3-9-17(16)27-22/h2-4,6-9,18-19H,5,10-12H2,1H3,(H,25,29)(H,26,27). The Hall–Kier alpha value is -3.29. The van der Waals surface area contributed by atoms with Gasteiger partial charge in [0.15, 0.2) is 0 Å². The highest BCUT2D eigenvalue weighted by Gasteiger charge is 2.34. The Balaban J connectivity index is 1.59. The van der Waals surface area contributed by atoms with Crippen LogP contribution in [0.25, 0.3) is 11.0 Å². The van der Waals surface area contributed by atoms with Crippen LogP contribution in [0.1, 0.15) is 49.7 Å². The van der Waals surface area contributed by atoms with Crippen molar-refractivity contribution >= 4 is 22.8 Å². The van der Waals surface area contributed by atoms with E-state index in [1.165, 1.54) is 13.0 Å². The SMILES string of the molecule is CC(=O)NC(CC(=O)N1CCCC1c1nc2ccccc2[nH]1)c1c(F)cccc1F. The number of H-pyrrole nitrogens is 1. The van der Waals surface area contributed by atoms with Crippen LogP contribution < -0.4 is 5.32 Å². The quantitative estimate of drug-likeness (QED) is 0.670. The number of fused-ring (bicyclic) bond motifs is 1. The van der Waals surface area contributed by atoms with Crippen molar-refractivity contribution in [1.82, 2.24) is 20.2 Å². The minimum absolute atomic E-state index is 0.242. The predicted molar refractivity (Wildman–Crippen MR) is 107 cm³/mol. The number of nitrogens with one attached hydrogen (secondary N) is 2. The molecule has 2 N–H and O–H groups in total. The number of nitrogens with zero attached hydrogens (tertiary/aromatic N) is 2. The average molecular weight is 412 g/mol. The zero-order chi connectivity index (χ0) is 21.3. The molecule has 0 radical (unpaired) electrons. The number of hydrogen-bond donors (Lipinski definition) is 2. The van der Waals surface area contributed by atoms with Crippen LogP contribution in [0.5, 0.6) is 0 Å². The first-order chi connectivity index (χ1) is 14.4. The molecule has 2 atom stereocenters. The number of benzene rings is 2. The zero-order valence-electron chi connectivity index (χ0n) is 16.5. The van der Waals surface area contributed by atoms with Crippen LogP contribution in [-0.4, -0.2) is 33.2 Å². The number of hydrogen-bond acceptors (Lipinski definition) is 3. The van der Waals surface area contributed by atoms with E-state index in [-0.39, 0.29) is 23.9 Å². The van der Waals surface area contributed by atoms with Crippen molar-refractivity contribution in [3.05, 3.63) is 65.5 Å². The predicted octanol–water partition coefficient (Wildman–Crippen LogP) is 3.77. The van der Waals surface area contributed by atoms with Gasteiger partial charge >= 0.3 is 0 Å². The van der Waals surface area contributed by atoms with Crippen molar-refractivity contribution in [1.29, 1.82) is 0 Å². The van der Waals surface area contributed by atoms with Gasteiger partial charge in [-0.3, -0.25) is 9.59 Å². The van der Waals surface area contributed by atoms with Gasteiger partial charge in [-0.1, -0.05) is 18.2 Å². The van der Waals surface area contributed by atoms with E-state index in [9.17, 15) is 18.4 Å². The third-order valence-corrected chi connectivity index (χ3v) is 5.40. The molecule has 8 heteroatoms. The highest BCUT2D eigenvalue weighted by Crippen LogP contribution is 2.33. The van der Waals surface area contributed by atoms with Gasteiger partial charge in [0, 0.05) is 19.0 Å². The maximum Gasteiger partial charge on any atom is 0.225 e. The van der Waals surface area contributed by atoms with Crippen molar-refractivity contribution in [2.45, 2.75) is 38.3 Å². The monoisotopic (exact) mass is 412 g/mol. The summed E-state index contributed by atoms with van der Waals surface area (Å²) in [5.41, 5.74) is 1.40. The molecule has 1 saturated heterocycles. The third-order valence-electron chi connectivity index (χ3n) is 5.40. The van der Waals surface area contributed by atoms with Crippen LogP contribution in [0.2, 0.25) is 0 Å². The van der Waals surface area contributed by atoms with E-state index in [1.54, 1.807) is 4.90 Å². The molecule has 4 rings (SSSR count). The van der Waals surface area contributed by atoms with Gasteiger partial charge in [0.2, 0.25) is 11.8 Å². The Bertz CT molecular complexity index is 1040. The number of carbonyl (C=O) groups is 2. The molecule has 2 unspecified atom stereocenters. The highest BCUT2D eigenvalue weighted by atomic mass is 19.1. The molecule has 30 heavy (non-hydrogen) atoms. The lowest BCUT2D eigenvalue weighted by atomic mass is 10.0. The van der Waals surface area contributed by atoms with Gasteiger partial charge in [-0.2, -0.15) is 0 Å². The molecule has 2 aromatic carbocycles. The first-order valence-electron chi connectivity index (χ1n) is 9.89. The van der Waals surface area contributed by atoms with Crippen molar-refractivity contribution < 1.29 is 18.4 Å². The van der Waals surface area contributed by atoms with Gasteiger partial charge in [-0.15, -0.1) is 0 Å². The first-order valence-corrected chi connectivity index (χ1v) is 9.89. The van der Waals surface area contributed by atoms with Crippen LogP contribution in [0.3, 0.4) is 0 Å². The van der Waals surface area contributed by atoms with Crippen LogP contribution in [0.15, 0.2) is 42.5 Å². The molecule has 6 nitrogen and oxygen atoms in total. The number of likely N-dealkylation sites (tertiary alicyclic amines) is 1. The lowest BCUT2D eigenvalue weighted by Gasteiger charge is -2.26. The molecule has 1 aromatic heterocycles. The average Bonchev–Trinajstić information content (AvgIpc) is 3.34. The van der Waals surface area contributed by atoms with E-state index in [2.05, 4.69) is 15.3 Å². The molecule has 156 valence electrons. The summed E-state index contributed by atoms with van der Waals surface area (Å²) in [6, 6.07) is 9.76. The molecule has 2 amide bonds. The largest absolute Gasteiger partial charge is 0.349 e. The van der Waals surface area contributed by atoms with Gasteiger partial charge < -0.3 is 15.2 Å². The molecule has 0 aliphatic carbocycles.